The van der Waals surface area contributed by atoms with E-state index in [1.807, 2.05) is 6.92 Å². The Balaban J connectivity index is 2.79. The Morgan fingerprint density at radius 2 is 2.18 bits per heavy atom. The molecule has 0 amide bonds. The number of ketones is 1. The molecule has 0 heterocycles. The molecule has 1 rings (SSSR count). The van der Waals surface area contributed by atoms with E-state index in [4.69, 9.17) is 0 Å². The molecular formula is C10H14O. The van der Waals surface area contributed by atoms with Gasteiger partial charge in [0.1, 0.15) is 5.78 Å². The van der Waals surface area contributed by atoms with Gasteiger partial charge < -0.3 is 0 Å². The first-order valence-electron chi connectivity index (χ1n) is 3.84. The van der Waals surface area contributed by atoms with Gasteiger partial charge in [0.15, 0.2) is 0 Å². The van der Waals surface area contributed by atoms with Crippen molar-refractivity contribution in [2.75, 3.05) is 0 Å². The summed E-state index contributed by atoms with van der Waals surface area (Å²) in [5.74, 6) is 0.581. The van der Waals surface area contributed by atoms with Crippen molar-refractivity contribution in [3.05, 3.63) is 24.8 Å². The summed E-state index contributed by atoms with van der Waals surface area (Å²) in [5, 5.41) is 0. The molecule has 1 aliphatic carbocycles. The fourth-order valence-corrected chi connectivity index (χ4v) is 1.65. The Kier molecular flexibility index (Phi) is 1.75. The van der Waals surface area contributed by atoms with Gasteiger partial charge in [0.05, 0.1) is 5.41 Å². The largest absolute Gasteiger partial charge is 0.299 e. The maximum absolute atomic E-state index is 11.2. The van der Waals surface area contributed by atoms with Gasteiger partial charge in [-0.3, -0.25) is 4.79 Å². The molecule has 60 valence electrons. The van der Waals surface area contributed by atoms with Crippen LogP contribution in [0.2, 0.25) is 0 Å². The number of Topliss-reactive ketones (excluding diaryl/α,β-unsaturated/α-hetero) is 1. The first-order valence-corrected chi connectivity index (χ1v) is 3.84. The van der Waals surface area contributed by atoms with Gasteiger partial charge in [0, 0.05) is 0 Å². The topological polar surface area (TPSA) is 17.1 Å². The van der Waals surface area contributed by atoms with Crippen LogP contribution in [0.4, 0.5) is 0 Å². The first-order chi connectivity index (χ1) is 5.04. The molecule has 1 saturated carbocycles. The molecule has 11 heavy (non-hydrogen) atoms. The number of hydrogen-bond donors (Lipinski definition) is 0. The van der Waals surface area contributed by atoms with Crippen LogP contribution in [0, 0.1) is 11.3 Å². The number of allylic oxidation sites excluding steroid dienone is 2. The van der Waals surface area contributed by atoms with Crippen molar-refractivity contribution in [3.8, 4) is 0 Å². The SMILES string of the molecule is C=CC1(C(C)=O)CC1C(=C)C. The second-order valence-electron chi connectivity index (χ2n) is 3.40. The molecule has 0 bridgehead atoms. The monoisotopic (exact) mass is 150 g/mol. The summed E-state index contributed by atoms with van der Waals surface area (Å²) in [4.78, 5) is 11.2. The molecule has 0 saturated heterocycles. The summed E-state index contributed by atoms with van der Waals surface area (Å²) in [6.45, 7) is 11.1. The second kappa shape index (κ2) is 2.33. The van der Waals surface area contributed by atoms with E-state index in [0.29, 0.717) is 5.92 Å². The van der Waals surface area contributed by atoms with Crippen molar-refractivity contribution < 1.29 is 4.79 Å². The van der Waals surface area contributed by atoms with Crippen molar-refractivity contribution >= 4 is 5.78 Å². The zero-order valence-corrected chi connectivity index (χ0v) is 7.18. The third-order valence-corrected chi connectivity index (χ3v) is 2.62. The van der Waals surface area contributed by atoms with Crippen molar-refractivity contribution in [2.45, 2.75) is 20.3 Å². The normalized spacial score (nSPS) is 34.5. The fraction of sp³-hybridized carbons (Fsp3) is 0.500. The highest BCUT2D eigenvalue weighted by molar-refractivity contribution is 5.88. The average Bonchev–Trinajstić information content (AvgIpc) is 2.62. The van der Waals surface area contributed by atoms with Gasteiger partial charge >= 0.3 is 0 Å². The van der Waals surface area contributed by atoms with E-state index in [-0.39, 0.29) is 11.2 Å². The van der Waals surface area contributed by atoms with Crippen molar-refractivity contribution in [2.24, 2.45) is 11.3 Å². The van der Waals surface area contributed by atoms with Crippen LogP contribution in [0.1, 0.15) is 20.3 Å². The Bertz CT molecular complexity index is 227. The molecule has 0 aromatic carbocycles. The van der Waals surface area contributed by atoms with E-state index in [0.717, 1.165) is 12.0 Å². The fourth-order valence-electron chi connectivity index (χ4n) is 1.65. The van der Waals surface area contributed by atoms with Gasteiger partial charge in [0.25, 0.3) is 0 Å². The number of hydrogen-bond acceptors (Lipinski definition) is 1. The van der Waals surface area contributed by atoms with Crippen LogP contribution >= 0.6 is 0 Å². The van der Waals surface area contributed by atoms with E-state index in [1.165, 1.54) is 0 Å². The third kappa shape index (κ3) is 1.05. The molecule has 0 aromatic heterocycles. The molecule has 0 N–H and O–H groups in total. The molecule has 1 aliphatic rings. The molecule has 0 radical (unpaired) electrons. The Morgan fingerprint density at radius 1 is 1.64 bits per heavy atom. The van der Waals surface area contributed by atoms with Gasteiger partial charge in [0.2, 0.25) is 0 Å². The third-order valence-electron chi connectivity index (χ3n) is 2.62. The molecule has 1 fully saturated rings. The standard InChI is InChI=1S/C10H14O/c1-5-10(8(4)11)6-9(10)7(2)3/h5,9H,1-2,6H2,3-4H3. The maximum Gasteiger partial charge on any atom is 0.140 e. The summed E-state index contributed by atoms with van der Waals surface area (Å²) in [6.07, 6.45) is 2.69. The van der Waals surface area contributed by atoms with E-state index < -0.39 is 0 Å². The van der Waals surface area contributed by atoms with Crippen LogP contribution in [0.3, 0.4) is 0 Å². The summed E-state index contributed by atoms with van der Waals surface area (Å²) in [5.41, 5.74) is 0.853. The lowest BCUT2D eigenvalue weighted by Crippen LogP contribution is -2.11. The zero-order chi connectivity index (χ0) is 8.65. The maximum atomic E-state index is 11.2. The summed E-state index contributed by atoms with van der Waals surface area (Å²) >= 11 is 0. The van der Waals surface area contributed by atoms with E-state index in [1.54, 1.807) is 13.0 Å². The van der Waals surface area contributed by atoms with Crippen molar-refractivity contribution in [1.82, 2.24) is 0 Å². The highest BCUT2D eigenvalue weighted by atomic mass is 16.1. The lowest BCUT2D eigenvalue weighted by Gasteiger charge is -2.06. The average molecular weight is 150 g/mol. The van der Waals surface area contributed by atoms with E-state index in [9.17, 15) is 4.79 Å². The first kappa shape index (κ1) is 8.25. The highest BCUT2D eigenvalue weighted by Crippen LogP contribution is 2.57. The molecule has 2 atom stereocenters. The van der Waals surface area contributed by atoms with Gasteiger partial charge in [-0.1, -0.05) is 18.2 Å². The molecule has 0 aliphatic heterocycles. The van der Waals surface area contributed by atoms with Crippen LogP contribution in [0.5, 0.6) is 0 Å². The van der Waals surface area contributed by atoms with Gasteiger partial charge in [-0.25, -0.2) is 0 Å². The van der Waals surface area contributed by atoms with Crippen molar-refractivity contribution in [1.29, 1.82) is 0 Å². The van der Waals surface area contributed by atoms with Gasteiger partial charge in [-0.05, 0) is 26.2 Å². The smallest absolute Gasteiger partial charge is 0.140 e. The van der Waals surface area contributed by atoms with Gasteiger partial charge in [-0.15, -0.1) is 6.58 Å². The summed E-state index contributed by atoms with van der Waals surface area (Å²) < 4.78 is 0. The minimum absolute atomic E-state index is 0.223. The van der Waals surface area contributed by atoms with Crippen LogP contribution in [-0.2, 0) is 4.79 Å². The van der Waals surface area contributed by atoms with Crippen LogP contribution in [-0.4, -0.2) is 5.78 Å². The van der Waals surface area contributed by atoms with Crippen molar-refractivity contribution in [3.63, 3.8) is 0 Å². The number of carbonyl (C=O) groups excluding carboxylic acids is 1. The zero-order valence-electron chi connectivity index (χ0n) is 7.18. The summed E-state index contributed by atoms with van der Waals surface area (Å²) in [6, 6.07) is 0. The highest BCUT2D eigenvalue weighted by Gasteiger charge is 2.55. The van der Waals surface area contributed by atoms with E-state index in [2.05, 4.69) is 13.2 Å². The molecule has 1 heteroatoms. The minimum atomic E-state index is -0.244. The molecular weight excluding hydrogens is 136 g/mol. The quantitative estimate of drug-likeness (QED) is 0.564. The molecule has 0 spiro atoms. The Morgan fingerprint density at radius 3 is 2.27 bits per heavy atom. The number of carbonyl (C=O) groups is 1. The summed E-state index contributed by atoms with van der Waals surface area (Å²) in [7, 11) is 0. The van der Waals surface area contributed by atoms with E-state index >= 15 is 0 Å². The van der Waals surface area contributed by atoms with Crippen LogP contribution in [0.25, 0.3) is 0 Å². The van der Waals surface area contributed by atoms with Crippen LogP contribution < -0.4 is 0 Å². The Hall–Kier alpha value is -0.850. The minimum Gasteiger partial charge on any atom is -0.299 e. The molecule has 0 aromatic rings. The molecule has 1 nitrogen and oxygen atoms in total. The Labute approximate surface area is 67.8 Å². The lowest BCUT2D eigenvalue weighted by atomic mass is 9.96. The predicted octanol–water partition coefficient (Wildman–Crippen LogP) is 2.34. The molecule has 2 unspecified atom stereocenters. The lowest BCUT2D eigenvalue weighted by molar-refractivity contribution is -0.120. The second-order valence-corrected chi connectivity index (χ2v) is 3.40. The van der Waals surface area contributed by atoms with Crippen LogP contribution in [0.15, 0.2) is 24.8 Å². The predicted molar refractivity (Wildman–Crippen MR) is 46.2 cm³/mol. The number of rotatable bonds is 3. The van der Waals surface area contributed by atoms with Gasteiger partial charge in [-0.2, -0.15) is 0 Å².